The predicted octanol–water partition coefficient (Wildman–Crippen LogP) is 5.20. The second kappa shape index (κ2) is 8.87. The van der Waals surface area contributed by atoms with E-state index in [-0.39, 0.29) is 0 Å². The van der Waals surface area contributed by atoms with Crippen LogP contribution in [0.25, 0.3) is 0 Å². The van der Waals surface area contributed by atoms with Crippen molar-refractivity contribution in [2.75, 3.05) is 0 Å². The van der Waals surface area contributed by atoms with Crippen LogP contribution in [0.1, 0.15) is 0 Å². The average molecular weight is 468 g/mol. The Hall–Kier alpha value is -2.98. The first-order chi connectivity index (χ1) is 15.4. The van der Waals surface area contributed by atoms with Crippen molar-refractivity contribution in [3.8, 4) is 11.5 Å². The molecule has 0 fully saturated rings. The molecule has 4 aromatic rings. The third kappa shape index (κ3) is 4.46. The second-order valence-corrected chi connectivity index (χ2v) is 11.7. The van der Waals surface area contributed by atoms with Gasteiger partial charge in [-0.25, -0.2) is 0 Å². The van der Waals surface area contributed by atoms with E-state index in [0.717, 1.165) is 0 Å². The molecule has 0 saturated carbocycles. The molecule has 0 saturated heterocycles. The number of hydrogen-bond acceptors (Lipinski definition) is 4. The molecule has 0 spiro atoms. The van der Waals surface area contributed by atoms with Crippen LogP contribution in [0.4, 0.5) is 0 Å². The Bertz CT molecular complexity index is 1110. The Morgan fingerprint density at radius 1 is 0.531 bits per heavy atom. The van der Waals surface area contributed by atoms with E-state index in [9.17, 15) is 14.4 Å². The first-order valence-electron chi connectivity index (χ1n) is 9.81. The summed E-state index contributed by atoms with van der Waals surface area (Å²) in [4.78, 5) is 20.3. The van der Waals surface area contributed by atoms with Crippen molar-refractivity contribution < 1.29 is 27.7 Å². The van der Waals surface area contributed by atoms with Gasteiger partial charge >= 0.3 is 186 Å². The van der Waals surface area contributed by atoms with Crippen LogP contribution in [0.5, 0.6) is 11.5 Å². The van der Waals surface area contributed by atoms with Crippen LogP contribution >= 0.6 is 15.1 Å². The normalized spacial score (nSPS) is 13.0. The third-order valence-corrected chi connectivity index (χ3v) is 10.2. The van der Waals surface area contributed by atoms with Gasteiger partial charge in [0.1, 0.15) is 0 Å². The standard InChI is InChI=1S/C24H22O6P2/c25-31(26,27)30-32(23-17-9-3-10-18-23,24-19-11-4-12-20-24,28-21-13-5-1-6-14-21)29-22-15-7-2-8-16-22/h1-20H,(H2,25,26,27). The van der Waals surface area contributed by atoms with Gasteiger partial charge in [-0.2, -0.15) is 0 Å². The molecule has 0 amide bonds. The summed E-state index contributed by atoms with van der Waals surface area (Å²) in [5.74, 6) is 0.671. The first-order valence-corrected chi connectivity index (χ1v) is 13.3. The first kappa shape index (κ1) is 22.2. The van der Waals surface area contributed by atoms with Crippen molar-refractivity contribution in [1.29, 1.82) is 0 Å². The molecule has 6 nitrogen and oxygen atoms in total. The molecular formula is C24H22O6P2. The zero-order valence-electron chi connectivity index (χ0n) is 17.0. The minimum atomic E-state index is -5.15. The van der Waals surface area contributed by atoms with Crippen LogP contribution in [-0.4, -0.2) is 9.79 Å². The van der Waals surface area contributed by atoms with Gasteiger partial charge in [0.25, 0.3) is 0 Å². The molecule has 0 radical (unpaired) electrons. The van der Waals surface area contributed by atoms with E-state index in [1.54, 1.807) is 109 Å². The van der Waals surface area contributed by atoms with E-state index < -0.39 is 15.1 Å². The van der Waals surface area contributed by atoms with Gasteiger partial charge < -0.3 is 0 Å². The van der Waals surface area contributed by atoms with Gasteiger partial charge in [0.05, 0.1) is 0 Å². The van der Waals surface area contributed by atoms with Gasteiger partial charge in [-0.1, -0.05) is 0 Å². The van der Waals surface area contributed by atoms with E-state index in [1.807, 2.05) is 12.1 Å². The number of phosphoric acid groups is 1. The van der Waals surface area contributed by atoms with Crippen LogP contribution in [0.2, 0.25) is 0 Å². The van der Waals surface area contributed by atoms with Gasteiger partial charge in [-0.05, 0) is 0 Å². The van der Waals surface area contributed by atoms with Gasteiger partial charge in [-0.3, -0.25) is 0 Å². The SMILES string of the molecule is O=P(O)(O)OP(Oc1ccccc1)(Oc1ccccc1)(c1ccccc1)c1ccccc1. The number of hydrogen-bond donors (Lipinski definition) is 2. The fourth-order valence-electron chi connectivity index (χ4n) is 3.42. The molecule has 32 heavy (non-hydrogen) atoms. The van der Waals surface area contributed by atoms with Crippen LogP contribution in [0, 0.1) is 0 Å². The molecule has 0 aliphatic heterocycles. The fraction of sp³-hybridized carbons (Fsp3) is 0. The third-order valence-electron chi connectivity index (χ3n) is 4.69. The number of para-hydroxylation sites is 2. The van der Waals surface area contributed by atoms with Crippen molar-refractivity contribution in [2.45, 2.75) is 0 Å². The van der Waals surface area contributed by atoms with E-state index in [0.29, 0.717) is 22.1 Å². The van der Waals surface area contributed by atoms with E-state index in [1.165, 1.54) is 0 Å². The van der Waals surface area contributed by atoms with Crippen molar-refractivity contribution in [3.05, 3.63) is 121 Å². The summed E-state index contributed by atoms with van der Waals surface area (Å²) < 4.78 is 31.3. The van der Waals surface area contributed by atoms with Gasteiger partial charge in [0.15, 0.2) is 0 Å². The van der Waals surface area contributed by atoms with Gasteiger partial charge in [0.2, 0.25) is 0 Å². The van der Waals surface area contributed by atoms with Crippen LogP contribution in [0.3, 0.4) is 0 Å². The zero-order chi connectivity index (χ0) is 22.5. The molecule has 0 unspecified atom stereocenters. The molecule has 0 heterocycles. The molecule has 4 aromatic carbocycles. The minimum absolute atomic E-state index is 0.335. The Morgan fingerprint density at radius 3 is 1.16 bits per heavy atom. The molecule has 164 valence electrons. The monoisotopic (exact) mass is 468 g/mol. The summed E-state index contributed by atoms with van der Waals surface area (Å²) in [6, 6.07) is 34.7. The summed E-state index contributed by atoms with van der Waals surface area (Å²) in [5, 5.41) is 0.724. The molecule has 0 aliphatic carbocycles. The van der Waals surface area contributed by atoms with Crippen molar-refractivity contribution in [2.24, 2.45) is 0 Å². The zero-order valence-corrected chi connectivity index (χ0v) is 18.8. The van der Waals surface area contributed by atoms with E-state index >= 15 is 0 Å². The Balaban J connectivity index is 2.12. The van der Waals surface area contributed by atoms with Crippen LogP contribution in [-0.2, 0) is 8.88 Å². The van der Waals surface area contributed by atoms with Crippen LogP contribution in [0.15, 0.2) is 121 Å². The Morgan fingerprint density at radius 2 is 0.844 bits per heavy atom. The summed E-state index contributed by atoms with van der Waals surface area (Å²) >= 11 is 0. The molecule has 8 heteroatoms. The maximum absolute atomic E-state index is 12.5. The molecule has 2 N–H and O–H groups in total. The summed E-state index contributed by atoms with van der Waals surface area (Å²) in [7, 11) is -10.2. The molecule has 0 atom stereocenters. The molecule has 0 bridgehead atoms. The van der Waals surface area contributed by atoms with Crippen molar-refractivity contribution in [3.63, 3.8) is 0 Å². The maximum atomic E-state index is 12.5. The Kier molecular flexibility index (Phi) is 6.16. The summed E-state index contributed by atoms with van der Waals surface area (Å²) in [6.45, 7) is 0. The van der Waals surface area contributed by atoms with E-state index in [2.05, 4.69) is 0 Å². The molecule has 0 aromatic heterocycles. The van der Waals surface area contributed by atoms with Crippen LogP contribution < -0.4 is 19.7 Å². The van der Waals surface area contributed by atoms with Gasteiger partial charge in [0, 0.05) is 0 Å². The quantitative estimate of drug-likeness (QED) is 0.346. The van der Waals surface area contributed by atoms with Crippen molar-refractivity contribution in [1.82, 2.24) is 0 Å². The molecule has 4 rings (SSSR count). The number of benzene rings is 4. The van der Waals surface area contributed by atoms with Crippen molar-refractivity contribution >= 4 is 25.7 Å². The summed E-state index contributed by atoms with van der Waals surface area (Å²) in [5.41, 5.74) is 0. The summed E-state index contributed by atoms with van der Waals surface area (Å²) in [6.07, 6.45) is 0. The molecule has 0 aliphatic rings. The fourth-order valence-corrected chi connectivity index (χ4v) is 9.12. The topological polar surface area (TPSA) is 85.2 Å². The predicted molar refractivity (Wildman–Crippen MR) is 126 cm³/mol. The second-order valence-electron chi connectivity index (χ2n) is 6.94. The molecular weight excluding hydrogens is 446 g/mol. The van der Waals surface area contributed by atoms with E-state index in [4.69, 9.17) is 13.4 Å². The number of rotatable bonds is 8. The van der Waals surface area contributed by atoms with Gasteiger partial charge in [-0.15, -0.1) is 0 Å². The average Bonchev–Trinajstić information content (AvgIpc) is 2.80. The Labute approximate surface area is 186 Å².